The summed E-state index contributed by atoms with van der Waals surface area (Å²) in [5.41, 5.74) is 2.85. The topological polar surface area (TPSA) is 55.0 Å². The highest BCUT2D eigenvalue weighted by atomic mass is 16.5. The van der Waals surface area contributed by atoms with Gasteiger partial charge in [0.2, 0.25) is 0 Å². The number of imidazole rings is 1. The maximum Gasteiger partial charge on any atom is 0.312 e. The summed E-state index contributed by atoms with van der Waals surface area (Å²) in [5.74, 6) is -0.0709. The number of carbonyl (C=O) groups excluding carboxylic acids is 1. The number of methoxy groups -OCH3 is 1. The van der Waals surface area contributed by atoms with Gasteiger partial charge in [0.1, 0.15) is 0 Å². The lowest BCUT2D eigenvalue weighted by molar-refractivity contribution is -0.158. The summed E-state index contributed by atoms with van der Waals surface area (Å²) in [6.07, 6.45) is 5.42. The van der Waals surface area contributed by atoms with Crippen LogP contribution in [0, 0.1) is 5.41 Å². The van der Waals surface area contributed by atoms with Crippen LogP contribution in [0.5, 0.6) is 0 Å². The van der Waals surface area contributed by atoms with Crippen LogP contribution in [0.1, 0.15) is 24.8 Å². The summed E-state index contributed by atoms with van der Waals surface area (Å²) in [6, 6.07) is 6.11. The molecule has 4 nitrogen and oxygen atoms in total. The molecule has 0 bridgehead atoms. The van der Waals surface area contributed by atoms with E-state index in [0.717, 1.165) is 42.3 Å². The number of hydrogen-bond donors (Lipinski definition) is 1. The van der Waals surface area contributed by atoms with Crippen molar-refractivity contribution < 1.29 is 9.53 Å². The third-order valence-corrected chi connectivity index (χ3v) is 3.96. The molecule has 0 spiro atoms. The first-order chi connectivity index (χ1) is 8.73. The number of nitrogens with one attached hydrogen (secondary N) is 1. The number of esters is 1. The first-order valence-corrected chi connectivity index (χ1v) is 6.24. The second kappa shape index (κ2) is 4.12. The molecule has 1 aliphatic rings. The van der Waals surface area contributed by atoms with E-state index in [1.807, 2.05) is 12.1 Å². The SMILES string of the molecule is COC(=O)C1(Cc2ccc3nc[nH]c3c2)CCC1. The molecule has 3 rings (SSSR count). The van der Waals surface area contributed by atoms with Crippen molar-refractivity contribution in [3.8, 4) is 0 Å². The Kier molecular flexibility index (Phi) is 2.58. The summed E-state index contributed by atoms with van der Waals surface area (Å²) in [4.78, 5) is 19.2. The number of benzene rings is 1. The largest absolute Gasteiger partial charge is 0.469 e. The summed E-state index contributed by atoms with van der Waals surface area (Å²) >= 11 is 0. The Balaban J connectivity index is 1.88. The van der Waals surface area contributed by atoms with E-state index in [9.17, 15) is 4.79 Å². The van der Waals surface area contributed by atoms with Crippen molar-refractivity contribution in [3.63, 3.8) is 0 Å². The predicted octanol–water partition coefficient (Wildman–Crippen LogP) is 2.45. The van der Waals surface area contributed by atoms with Crippen LogP contribution in [-0.2, 0) is 16.0 Å². The molecule has 94 valence electrons. The van der Waals surface area contributed by atoms with Crippen molar-refractivity contribution in [1.82, 2.24) is 9.97 Å². The lowest BCUT2D eigenvalue weighted by Gasteiger charge is -2.39. The zero-order chi connectivity index (χ0) is 12.6. The lowest BCUT2D eigenvalue weighted by atomic mass is 9.65. The van der Waals surface area contributed by atoms with E-state index in [2.05, 4.69) is 16.0 Å². The number of fused-ring (bicyclic) bond motifs is 1. The van der Waals surface area contributed by atoms with Gasteiger partial charge in [-0.3, -0.25) is 4.79 Å². The summed E-state index contributed by atoms with van der Waals surface area (Å²) < 4.78 is 4.94. The van der Waals surface area contributed by atoms with Crippen LogP contribution in [0.3, 0.4) is 0 Å². The van der Waals surface area contributed by atoms with Crippen LogP contribution in [0.2, 0.25) is 0 Å². The second-order valence-electron chi connectivity index (χ2n) is 5.06. The Bertz CT molecular complexity index is 584. The molecule has 0 unspecified atom stereocenters. The molecule has 4 heteroatoms. The van der Waals surface area contributed by atoms with Crippen molar-refractivity contribution in [2.75, 3.05) is 7.11 Å². The van der Waals surface area contributed by atoms with Crippen LogP contribution >= 0.6 is 0 Å². The van der Waals surface area contributed by atoms with Gasteiger partial charge in [-0.25, -0.2) is 4.98 Å². The minimum absolute atomic E-state index is 0.0709. The third kappa shape index (κ3) is 1.68. The zero-order valence-electron chi connectivity index (χ0n) is 10.4. The molecule has 0 amide bonds. The van der Waals surface area contributed by atoms with Gasteiger partial charge in [-0.2, -0.15) is 0 Å². The lowest BCUT2D eigenvalue weighted by Crippen LogP contribution is -2.40. The van der Waals surface area contributed by atoms with Crippen molar-refractivity contribution in [1.29, 1.82) is 0 Å². The van der Waals surface area contributed by atoms with Crippen molar-refractivity contribution >= 4 is 17.0 Å². The molecule has 1 saturated carbocycles. The van der Waals surface area contributed by atoms with E-state index in [-0.39, 0.29) is 11.4 Å². The van der Waals surface area contributed by atoms with E-state index >= 15 is 0 Å². The number of ether oxygens (including phenoxy) is 1. The van der Waals surface area contributed by atoms with Gasteiger partial charge < -0.3 is 9.72 Å². The molecule has 0 radical (unpaired) electrons. The number of rotatable bonds is 3. The quantitative estimate of drug-likeness (QED) is 0.844. The van der Waals surface area contributed by atoms with Crippen LogP contribution < -0.4 is 0 Å². The molecule has 1 fully saturated rings. The van der Waals surface area contributed by atoms with Gasteiger partial charge in [0, 0.05) is 0 Å². The first kappa shape index (κ1) is 11.3. The normalized spacial score (nSPS) is 17.4. The number of aromatic nitrogens is 2. The van der Waals surface area contributed by atoms with Gasteiger partial charge in [0.05, 0.1) is 29.9 Å². The van der Waals surface area contributed by atoms with Crippen molar-refractivity contribution in [2.24, 2.45) is 5.41 Å². The van der Waals surface area contributed by atoms with E-state index in [1.54, 1.807) is 6.33 Å². The molecule has 0 atom stereocenters. The Morgan fingerprint density at radius 2 is 2.33 bits per heavy atom. The highest BCUT2D eigenvalue weighted by Crippen LogP contribution is 2.44. The van der Waals surface area contributed by atoms with Gasteiger partial charge in [0.15, 0.2) is 0 Å². The molecular weight excluding hydrogens is 228 g/mol. The van der Waals surface area contributed by atoms with Gasteiger partial charge >= 0.3 is 5.97 Å². The minimum Gasteiger partial charge on any atom is -0.469 e. The van der Waals surface area contributed by atoms with E-state index in [4.69, 9.17) is 4.74 Å². The molecule has 1 aromatic heterocycles. The number of nitrogens with zero attached hydrogens (tertiary/aromatic N) is 1. The summed E-state index contributed by atoms with van der Waals surface area (Å²) in [5, 5.41) is 0. The number of hydrogen-bond acceptors (Lipinski definition) is 3. The van der Waals surface area contributed by atoms with Gasteiger partial charge in [-0.15, -0.1) is 0 Å². The third-order valence-electron chi connectivity index (χ3n) is 3.96. The maximum absolute atomic E-state index is 11.9. The standard InChI is InChI=1S/C14H16N2O2/c1-18-13(17)14(5-2-6-14)8-10-3-4-11-12(7-10)16-9-15-11/h3-4,7,9H,2,5-6,8H2,1H3,(H,15,16). The Morgan fingerprint density at radius 1 is 1.50 bits per heavy atom. The first-order valence-electron chi connectivity index (χ1n) is 6.24. The van der Waals surface area contributed by atoms with Gasteiger partial charge in [-0.05, 0) is 37.0 Å². The molecule has 0 saturated heterocycles. The molecule has 2 aromatic rings. The molecule has 0 aliphatic heterocycles. The summed E-state index contributed by atoms with van der Waals surface area (Å²) in [7, 11) is 1.47. The Labute approximate surface area is 105 Å². The van der Waals surface area contributed by atoms with Crippen LogP contribution in [0.15, 0.2) is 24.5 Å². The van der Waals surface area contributed by atoms with E-state index in [0.29, 0.717) is 0 Å². The summed E-state index contributed by atoms with van der Waals surface area (Å²) in [6.45, 7) is 0. The van der Waals surface area contributed by atoms with Crippen LogP contribution in [0.25, 0.3) is 11.0 Å². The molecule has 1 aromatic carbocycles. The smallest absolute Gasteiger partial charge is 0.312 e. The fourth-order valence-electron chi connectivity index (χ4n) is 2.76. The number of H-pyrrole nitrogens is 1. The van der Waals surface area contributed by atoms with Crippen LogP contribution in [0.4, 0.5) is 0 Å². The second-order valence-corrected chi connectivity index (χ2v) is 5.06. The fraction of sp³-hybridized carbons (Fsp3) is 0.429. The minimum atomic E-state index is -0.289. The number of carbonyl (C=O) groups is 1. The fourth-order valence-corrected chi connectivity index (χ4v) is 2.76. The van der Waals surface area contributed by atoms with E-state index < -0.39 is 0 Å². The molecule has 1 aliphatic carbocycles. The van der Waals surface area contributed by atoms with Gasteiger partial charge in [0.25, 0.3) is 0 Å². The predicted molar refractivity (Wildman–Crippen MR) is 68.1 cm³/mol. The average Bonchev–Trinajstić information content (AvgIpc) is 2.80. The molecule has 18 heavy (non-hydrogen) atoms. The zero-order valence-corrected chi connectivity index (χ0v) is 10.4. The molecule has 1 heterocycles. The molecular formula is C14H16N2O2. The highest BCUT2D eigenvalue weighted by molar-refractivity contribution is 5.79. The van der Waals surface area contributed by atoms with Crippen LogP contribution in [-0.4, -0.2) is 23.0 Å². The van der Waals surface area contributed by atoms with Crippen molar-refractivity contribution in [2.45, 2.75) is 25.7 Å². The Morgan fingerprint density at radius 3 is 3.00 bits per heavy atom. The maximum atomic E-state index is 11.9. The van der Waals surface area contributed by atoms with Gasteiger partial charge in [-0.1, -0.05) is 12.5 Å². The highest BCUT2D eigenvalue weighted by Gasteiger charge is 2.45. The number of aromatic amines is 1. The molecule has 1 N–H and O–H groups in total. The van der Waals surface area contributed by atoms with E-state index in [1.165, 1.54) is 7.11 Å². The average molecular weight is 244 g/mol. The van der Waals surface area contributed by atoms with Crippen molar-refractivity contribution in [3.05, 3.63) is 30.1 Å². The monoisotopic (exact) mass is 244 g/mol. The Hall–Kier alpha value is -1.84.